The number of hydrogen-bond donors (Lipinski definition) is 2. The van der Waals surface area contributed by atoms with Crippen molar-refractivity contribution in [1.82, 2.24) is 5.32 Å². The molecule has 0 heterocycles. The summed E-state index contributed by atoms with van der Waals surface area (Å²) < 4.78 is 16.1. The first kappa shape index (κ1) is 16.6. The number of methoxy groups -OCH3 is 3. The van der Waals surface area contributed by atoms with Crippen LogP contribution in [0.5, 0.6) is 17.2 Å². The lowest BCUT2D eigenvalue weighted by molar-refractivity contribution is 0.0922. The van der Waals surface area contributed by atoms with Gasteiger partial charge in [-0.05, 0) is 28.9 Å². The molecule has 0 aliphatic rings. The number of carbonyl (C=O) groups excluding carboxylic acids is 1. The van der Waals surface area contributed by atoms with Gasteiger partial charge in [-0.3, -0.25) is 4.79 Å². The standard InChI is InChI=1S/C13H18BrNO5/c1-7(16)6-15-13(17)8-5-9(18-2)11(19-3)12(20-4)10(8)14/h5,7,16H,6H2,1-4H3,(H,15,17). The number of benzene rings is 1. The topological polar surface area (TPSA) is 77.0 Å². The first-order valence-electron chi connectivity index (χ1n) is 5.90. The van der Waals surface area contributed by atoms with Crippen LogP contribution in [0.4, 0.5) is 0 Å². The van der Waals surface area contributed by atoms with Crippen LogP contribution in [0.1, 0.15) is 17.3 Å². The van der Waals surface area contributed by atoms with Crippen molar-refractivity contribution >= 4 is 21.8 Å². The molecular formula is C13H18BrNO5. The third-order valence-electron chi connectivity index (χ3n) is 2.57. The summed E-state index contributed by atoms with van der Waals surface area (Å²) in [7, 11) is 4.43. The molecule has 1 rings (SSSR count). The van der Waals surface area contributed by atoms with Gasteiger partial charge in [0.1, 0.15) is 0 Å². The molecule has 2 N–H and O–H groups in total. The molecular weight excluding hydrogens is 330 g/mol. The van der Waals surface area contributed by atoms with Crippen LogP contribution < -0.4 is 19.5 Å². The second-order valence-electron chi connectivity index (χ2n) is 4.07. The highest BCUT2D eigenvalue weighted by molar-refractivity contribution is 9.10. The van der Waals surface area contributed by atoms with E-state index in [1.165, 1.54) is 21.3 Å². The highest BCUT2D eigenvalue weighted by atomic mass is 79.9. The van der Waals surface area contributed by atoms with Gasteiger partial charge in [-0.1, -0.05) is 0 Å². The van der Waals surface area contributed by atoms with Gasteiger partial charge in [0.15, 0.2) is 11.5 Å². The lowest BCUT2D eigenvalue weighted by Crippen LogP contribution is -2.30. The predicted octanol–water partition coefficient (Wildman–Crippen LogP) is 1.59. The van der Waals surface area contributed by atoms with E-state index in [-0.39, 0.29) is 12.5 Å². The Morgan fingerprint density at radius 3 is 2.35 bits per heavy atom. The minimum absolute atomic E-state index is 0.155. The number of aliphatic hydroxyl groups excluding tert-OH is 1. The zero-order chi connectivity index (χ0) is 15.3. The van der Waals surface area contributed by atoms with Gasteiger partial charge >= 0.3 is 0 Å². The van der Waals surface area contributed by atoms with Crippen LogP contribution in [0.25, 0.3) is 0 Å². The molecule has 0 radical (unpaired) electrons. The second kappa shape index (κ2) is 7.35. The second-order valence-corrected chi connectivity index (χ2v) is 4.86. The van der Waals surface area contributed by atoms with Crippen molar-refractivity contribution in [2.75, 3.05) is 27.9 Å². The predicted molar refractivity (Wildman–Crippen MR) is 77.8 cm³/mol. The highest BCUT2D eigenvalue weighted by Gasteiger charge is 2.22. The van der Waals surface area contributed by atoms with Gasteiger partial charge < -0.3 is 24.6 Å². The van der Waals surface area contributed by atoms with Crippen molar-refractivity contribution in [3.8, 4) is 17.2 Å². The van der Waals surface area contributed by atoms with E-state index in [0.29, 0.717) is 27.3 Å². The van der Waals surface area contributed by atoms with E-state index in [0.717, 1.165) is 0 Å². The monoisotopic (exact) mass is 347 g/mol. The summed E-state index contributed by atoms with van der Waals surface area (Å²) in [5.41, 5.74) is 0.333. The minimum atomic E-state index is -0.625. The van der Waals surface area contributed by atoms with E-state index in [1.807, 2.05) is 0 Å². The van der Waals surface area contributed by atoms with Crippen molar-refractivity contribution in [3.63, 3.8) is 0 Å². The molecule has 112 valence electrons. The number of rotatable bonds is 6. The van der Waals surface area contributed by atoms with Crippen LogP contribution in [0, 0.1) is 0 Å². The third-order valence-corrected chi connectivity index (χ3v) is 3.36. The zero-order valence-corrected chi connectivity index (χ0v) is 13.4. The van der Waals surface area contributed by atoms with Crippen LogP contribution in [-0.2, 0) is 0 Å². The number of halogens is 1. The van der Waals surface area contributed by atoms with Crippen molar-refractivity contribution in [2.45, 2.75) is 13.0 Å². The molecule has 20 heavy (non-hydrogen) atoms. The van der Waals surface area contributed by atoms with Gasteiger partial charge in [0, 0.05) is 6.54 Å². The lowest BCUT2D eigenvalue weighted by atomic mass is 10.1. The summed E-state index contributed by atoms with van der Waals surface area (Å²) in [5, 5.41) is 11.8. The van der Waals surface area contributed by atoms with E-state index >= 15 is 0 Å². The van der Waals surface area contributed by atoms with E-state index in [4.69, 9.17) is 14.2 Å². The molecule has 0 aliphatic carbocycles. The summed E-state index contributed by atoms with van der Waals surface area (Å²) in [6, 6.07) is 1.54. The fraction of sp³-hybridized carbons (Fsp3) is 0.462. The van der Waals surface area contributed by atoms with Crippen molar-refractivity contribution < 1.29 is 24.1 Å². The Balaban J connectivity index is 3.23. The number of ether oxygens (including phenoxy) is 3. The highest BCUT2D eigenvalue weighted by Crippen LogP contribution is 2.44. The number of aliphatic hydroxyl groups is 1. The Kier molecular flexibility index (Phi) is 6.09. The van der Waals surface area contributed by atoms with E-state index in [9.17, 15) is 9.90 Å². The minimum Gasteiger partial charge on any atom is -0.493 e. The van der Waals surface area contributed by atoms with E-state index in [2.05, 4.69) is 21.2 Å². The number of amides is 1. The van der Waals surface area contributed by atoms with Gasteiger partial charge in [-0.15, -0.1) is 0 Å². The number of nitrogens with one attached hydrogen (secondary N) is 1. The molecule has 6 nitrogen and oxygen atoms in total. The fourth-order valence-electron chi connectivity index (χ4n) is 1.62. The Labute approximate surface area is 126 Å². The molecule has 1 atom stereocenters. The van der Waals surface area contributed by atoms with Crippen molar-refractivity contribution in [2.24, 2.45) is 0 Å². The Bertz CT molecular complexity index is 490. The molecule has 0 bridgehead atoms. The SMILES string of the molecule is COc1cc(C(=O)NCC(C)O)c(Br)c(OC)c1OC. The first-order valence-corrected chi connectivity index (χ1v) is 6.70. The molecule has 0 fully saturated rings. The first-order chi connectivity index (χ1) is 9.46. The average molecular weight is 348 g/mol. The Morgan fingerprint density at radius 2 is 1.90 bits per heavy atom. The van der Waals surface area contributed by atoms with Crippen LogP contribution >= 0.6 is 15.9 Å². The van der Waals surface area contributed by atoms with E-state index in [1.54, 1.807) is 13.0 Å². The third kappa shape index (κ3) is 3.55. The van der Waals surface area contributed by atoms with Gasteiger partial charge in [0.05, 0.1) is 37.5 Å². The average Bonchev–Trinajstić information content (AvgIpc) is 2.43. The van der Waals surface area contributed by atoms with Crippen LogP contribution in [-0.4, -0.2) is 45.0 Å². The molecule has 0 spiro atoms. The van der Waals surface area contributed by atoms with Crippen molar-refractivity contribution in [1.29, 1.82) is 0 Å². The Hall–Kier alpha value is -1.47. The lowest BCUT2D eigenvalue weighted by Gasteiger charge is -2.16. The zero-order valence-electron chi connectivity index (χ0n) is 11.8. The summed E-state index contributed by atoms with van der Waals surface area (Å²) in [5.74, 6) is 0.801. The van der Waals surface area contributed by atoms with Crippen LogP contribution in [0.15, 0.2) is 10.5 Å². The normalized spacial score (nSPS) is 11.7. The number of carbonyl (C=O) groups is 1. The smallest absolute Gasteiger partial charge is 0.252 e. The quantitative estimate of drug-likeness (QED) is 0.816. The molecule has 0 saturated carbocycles. The molecule has 0 aliphatic heterocycles. The molecule has 7 heteroatoms. The van der Waals surface area contributed by atoms with Crippen molar-refractivity contribution in [3.05, 3.63) is 16.1 Å². The van der Waals surface area contributed by atoms with Gasteiger partial charge in [0.2, 0.25) is 5.75 Å². The maximum atomic E-state index is 12.1. The van der Waals surface area contributed by atoms with E-state index < -0.39 is 6.10 Å². The molecule has 1 unspecified atom stereocenters. The van der Waals surface area contributed by atoms with Gasteiger partial charge in [0.25, 0.3) is 5.91 Å². The van der Waals surface area contributed by atoms with Gasteiger partial charge in [-0.25, -0.2) is 0 Å². The fourth-order valence-corrected chi connectivity index (χ4v) is 2.26. The number of hydrogen-bond acceptors (Lipinski definition) is 5. The molecule has 1 amide bonds. The molecule has 0 saturated heterocycles. The summed E-state index contributed by atoms with van der Waals surface area (Å²) in [6.07, 6.45) is -0.625. The molecule has 1 aromatic carbocycles. The summed E-state index contributed by atoms with van der Waals surface area (Å²) >= 11 is 3.32. The summed E-state index contributed by atoms with van der Waals surface area (Å²) in [6.45, 7) is 1.74. The Morgan fingerprint density at radius 1 is 1.30 bits per heavy atom. The van der Waals surface area contributed by atoms with Crippen LogP contribution in [0.3, 0.4) is 0 Å². The van der Waals surface area contributed by atoms with Crippen LogP contribution in [0.2, 0.25) is 0 Å². The van der Waals surface area contributed by atoms with Gasteiger partial charge in [-0.2, -0.15) is 0 Å². The summed E-state index contributed by atoms with van der Waals surface area (Å²) in [4.78, 5) is 12.1. The maximum absolute atomic E-state index is 12.1. The maximum Gasteiger partial charge on any atom is 0.252 e. The molecule has 1 aromatic rings. The molecule has 0 aromatic heterocycles. The largest absolute Gasteiger partial charge is 0.493 e.